The van der Waals surface area contributed by atoms with Crippen LogP contribution in [-0.2, 0) is 0 Å². The summed E-state index contributed by atoms with van der Waals surface area (Å²) in [5, 5.41) is 12.2. The lowest BCUT2D eigenvalue weighted by molar-refractivity contribution is 0.0582. The summed E-state index contributed by atoms with van der Waals surface area (Å²) in [6.45, 7) is 6.11. The Labute approximate surface area is 89.4 Å². The van der Waals surface area contributed by atoms with Crippen LogP contribution < -0.4 is 5.32 Å². The first-order chi connectivity index (χ1) is 6.88. The number of carbonyl (C=O) groups is 1. The first kappa shape index (κ1) is 12.2. The van der Waals surface area contributed by atoms with Crippen molar-refractivity contribution in [3.63, 3.8) is 0 Å². The number of hydrogen-bond acceptors (Lipinski definition) is 2. The quantitative estimate of drug-likeness (QED) is 0.735. The number of nitrogens with one attached hydrogen (secondary N) is 1. The van der Waals surface area contributed by atoms with E-state index in [4.69, 9.17) is 5.11 Å². The molecular formula is C10H19FN2O2. The van der Waals surface area contributed by atoms with Crippen molar-refractivity contribution in [1.82, 2.24) is 10.2 Å². The van der Waals surface area contributed by atoms with Crippen LogP contribution in [0.2, 0.25) is 0 Å². The number of hydrogen-bond donors (Lipinski definition) is 2. The SMILES string of the molecule is CC(C)(C)N(C(=O)O)C1CNCC1CF. The molecule has 2 unspecified atom stereocenters. The Hall–Kier alpha value is -0.840. The van der Waals surface area contributed by atoms with Gasteiger partial charge in [0.1, 0.15) is 0 Å². The maximum atomic E-state index is 12.7. The molecule has 0 saturated carbocycles. The largest absolute Gasteiger partial charge is 0.465 e. The van der Waals surface area contributed by atoms with Crippen LogP contribution in [0, 0.1) is 5.92 Å². The fourth-order valence-corrected chi connectivity index (χ4v) is 2.11. The second kappa shape index (κ2) is 4.35. The van der Waals surface area contributed by atoms with Crippen molar-refractivity contribution in [3.8, 4) is 0 Å². The van der Waals surface area contributed by atoms with Gasteiger partial charge in [-0.1, -0.05) is 0 Å². The second-order valence-electron chi connectivity index (χ2n) is 4.96. The smallest absolute Gasteiger partial charge is 0.408 e. The summed E-state index contributed by atoms with van der Waals surface area (Å²) in [5.41, 5.74) is -0.490. The average molecular weight is 218 g/mol. The van der Waals surface area contributed by atoms with E-state index in [1.54, 1.807) is 0 Å². The highest BCUT2D eigenvalue weighted by atomic mass is 19.1. The van der Waals surface area contributed by atoms with Gasteiger partial charge in [0.15, 0.2) is 0 Å². The van der Waals surface area contributed by atoms with Crippen LogP contribution in [0.1, 0.15) is 20.8 Å². The third kappa shape index (κ3) is 2.59. The van der Waals surface area contributed by atoms with Gasteiger partial charge in [-0.2, -0.15) is 0 Å². The molecule has 1 heterocycles. The molecule has 0 bridgehead atoms. The third-order valence-electron chi connectivity index (χ3n) is 2.76. The van der Waals surface area contributed by atoms with Crippen LogP contribution in [0.4, 0.5) is 9.18 Å². The number of halogens is 1. The van der Waals surface area contributed by atoms with Crippen molar-refractivity contribution in [2.45, 2.75) is 32.4 Å². The molecule has 1 aliphatic heterocycles. The fourth-order valence-electron chi connectivity index (χ4n) is 2.11. The standard InChI is InChI=1S/C10H19FN2O2/c1-10(2,3)13(9(14)15)8-6-12-5-7(8)4-11/h7-8,12H,4-6H2,1-3H3,(H,14,15). The van der Waals surface area contributed by atoms with Crippen molar-refractivity contribution >= 4 is 6.09 Å². The molecule has 2 N–H and O–H groups in total. The molecule has 88 valence electrons. The van der Waals surface area contributed by atoms with Crippen LogP contribution in [0.15, 0.2) is 0 Å². The first-order valence-corrected chi connectivity index (χ1v) is 5.17. The number of rotatable bonds is 2. The molecule has 4 nitrogen and oxygen atoms in total. The van der Waals surface area contributed by atoms with Gasteiger partial charge in [0.2, 0.25) is 0 Å². The van der Waals surface area contributed by atoms with E-state index in [-0.39, 0.29) is 12.0 Å². The highest BCUT2D eigenvalue weighted by Crippen LogP contribution is 2.24. The van der Waals surface area contributed by atoms with Gasteiger partial charge in [0, 0.05) is 24.5 Å². The minimum Gasteiger partial charge on any atom is -0.465 e. The molecule has 1 fully saturated rings. The van der Waals surface area contributed by atoms with Crippen LogP contribution >= 0.6 is 0 Å². The van der Waals surface area contributed by atoms with Gasteiger partial charge < -0.3 is 10.4 Å². The van der Waals surface area contributed by atoms with E-state index in [1.165, 1.54) is 4.90 Å². The first-order valence-electron chi connectivity index (χ1n) is 5.17. The van der Waals surface area contributed by atoms with E-state index in [1.807, 2.05) is 20.8 Å². The topological polar surface area (TPSA) is 52.6 Å². The summed E-state index contributed by atoms with van der Waals surface area (Å²) in [5.74, 6) is -0.222. The van der Waals surface area contributed by atoms with Gasteiger partial charge in [-0.25, -0.2) is 4.79 Å². The highest BCUT2D eigenvalue weighted by molar-refractivity contribution is 5.66. The van der Waals surface area contributed by atoms with Gasteiger partial charge in [0.05, 0.1) is 12.7 Å². The number of nitrogens with zero attached hydrogens (tertiary/aromatic N) is 1. The number of amides is 1. The molecule has 0 spiro atoms. The molecule has 0 aromatic heterocycles. The van der Waals surface area contributed by atoms with Crippen molar-refractivity contribution in [1.29, 1.82) is 0 Å². The normalized spacial score (nSPS) is 26.7. The zero-order valence-electron chi connectivity index (χ0n) is 9.46. The summed E-state index contributed by atoms with van der Waals surface area (Å²) in [4.78, 5) is 12.5. The van der Waals surface area contributed by atoms with E-state index in [0.717, 1.165) is 0 Å². The Morgan fingerprint density at radius 1 is 1.53 bits per heavy atom. The minimum absolute atomic E-state index is 0.222. The Bertz CT molecular complexity index is 240. The Morgan fingerprint density at radius 2 is 2.13 bits per heavy atom. The molecule has 1 saturated heterocycles. The van der Waals surface area contributed by atoms with Crippen molar-refractivity contribution in [2.75, 3.05) is 19.8 Å². The number of alkyl halides is 1. The molecule has 5 heteroatoms. The number of carboxylic acid groups (broad SMARTS) is 1. The Balaban J connectivity index is 2.85. The molecular weight excluding hydrogens is 199 g/mol. The van der Waals surface area contributed by atoms with E-state index >= 15 is 0 Å². The third-order valence-corrected chi connectivity index (χ3v) is 2.76. The predicted octanol–water partition coefficient (Wildman–Crippen LogP) is 1.32. The zero-order chi connectivity index (χ0) is 11.6. The molecule has 1 aliphatic rings. The lowest BCUT2D eigenvalue weighted by Gasteiger charge is -2.39. The summed E-state index contributed by atoms with van der Waals surface area (Å²) < 4.78 is 12.7. The highest BCUT2D eigenvalue weighted by Gasteiger charge is 2.40. The summed E-state index contributed by atoms with van der Waals surface area (Å²) in [6, 6.07) is -0.257. The van der Waals surface area contributed by atoms with Crippen molar-refractivity contribution in [3.05, 3.63) is 0 Å². The van der Waals surface area contributed by atoms with Crippen molar-refractivity contribution in [2.24, 2.45) is 5.92 Å². The van der Waals surface area contributed by atoms with Crippen LogP contribution in [-0.4, -0.2) is 47.4 Å². The van der Waals surface area contributed by atoms with Gasteiger partial charge in [0.25, 0.3) is 0 Å². The predicted molar refractivity (Wildman–Crippen MR) is 55.7 cm³/mol. The minimum atomic E-state index is -0.977. The molecule has 0 aromatic carbocycles. The van der Waals surface area contributed by atoms with E-state index in [2.05, 4.69) is 5.32 Å². The summed E-state index contributed by atoms with van der Waals surface area (Å²) in [7, 11) is 0. The van der Waals surface area contributed by atoms with Crippen LogP contribution in [0.3, 0.4) is 0 Å². The lowest BCUT2D eigenvalue weighted by Crippen LogP contribution is -2.54. The maximum absolute atomic E-state index is 12.7. The molecule has 15 heavy (non-hydrogen) atoms. The second-order valence-corrected chi connectivity index (χ2v) is 4.96. The molecule has 0 radical (unpaired) electrons. The van der Waals surface area contributed by atoms with Gasteiger partial charge in [-0.3, -0.25) is 9.29 Å². The molecule has 1 amide bonds. The van der Waals surface area contributed by atoms with Crippen LogP contribution in [0.25, 0.3) is 0 Å². The monoisotopic (exact) mass is 218 g/mol. The average Bonchev–Trinajstić information content (AvgIpc) is 2.48. The molecule has 2 atom stereocenters. The Kier molecular flexibility index (Phi) is 3.54. The van der Waals surface area contributed by atoms with E-state index in [9.17, 15) is 9.18 Å². The van der Waals surface area contributed by atoms with Crippen LogP contribution in [0.5, 0.6) is 0 Å². The summed E-state index contributed by atoms with van der Waals surface area (Å²) in [6.07, 6.45) is -0.977. The van der Waals surface area contributed by atoms with E-state index in [0.29, 0.717) is 13.1 Å². The van der Waals surface area contributed by atoms with Gasteiger partial charge in [-0.05, 0) is 20.8 Å². The van der Waals surface area contributed by atoms with Gasteiger partial charge in [-0.15, -0.1) is 0 Å². The van der Waals surface area contributed by atoms with E-state index < -0.39 is 18.3 Å². The lowest BCUT2D eigenvalue weighted by atomic mass is 9.97. The fraction of sp³-hybridized carbons (Fsp3) is 0.900. The van der Waals surface area contributed by atoms with Crippen molar-refractivity contribution < 1.29 is 14.3 Å². The molecule has 0 aromatic rings. The summed E-state index contributed by atoms with van der Waals surface area (Å²) >= 11 is 0. The Morgan fingerprint density at radius 3 is 2.53 bits per heavy atom. The van der Waals surface area contributed by atoms with Gasteiger partial charge >= 0.3 is 6.09 Å². The maximum Gasteiger partial charge on any atom is 0.408 e. The molecule has 1 rings (SSSR count). The molecule has 0 aliphatic carbocycles. The zero-order valence-corrected chi connectivity index (χ0v) is 9.46.